The normalized spacial score (nSPS) is 13.5. The van der Waals surface area contributed by atoms with Crippen LogP contribution in [0.25, 0.3) is 0 Å². The minimum absolute atomic E-state index is 0.159. The second-order valence-corrected chi connectivity index (χ2v) is 5.51. The van der Waals surface area contributed by atoms with E-state index in [0.29, 0.717) is 5.92 Å². The van der Waals surface area contributed by atoms with Crippen LogP contribution in [0.15, 0.2) is 24.3 Å². The van der Waals surface area contributed by atoms with Crippen molar-refractivity contribution in [1.82, 2.24) is 0 Å². The van der Waals surface area contributed by atoms with Gasteiger partial charge in [0.15, 0.2) is 0 Å². The molecule has 0 aliphatic heterocycles. The van der Waals surface area contributed by atoms with Crippen molar-refractivity contribution in [2.24, 2.45) is 5.41 Å². The molecule has 1 aromatic rings. The number of hydrogen-bond donors (Lipinski definition) is 0. The molecule has 0 radical (unpaired) electrons. The summed E-state index contributed by atoms with van der Waals surface area (Å²) in [5, 5.41) is 10.5. The molecule has 0 unspecified atom stereocenters. The first-order chi connectivity index (χ1) is 7.29. The van der Waals surface area contributed by atoms with Crippen molar-refractivity contribution in [2.75, 3.05) is 0 Å². The van der Waals surface area contributed by atoms with E-state index < -0.39 is 0 Å². The van der Waals surface area contributed by atoms with Gasteiger partial charge in [-0.05, 0) is 23.3 Å². The topological polar surface area (TPSA) is 43.1 Å². The maximum absolute atomic E-state index is 10.5. The summed E-state index contributed by atoms with van der Waals surface area (Å²) in [7, 11) is 0. The van der Waals surface area contributed by atoms with Gasteiger partial charge in [-0.3, -0.25) is 10.1 Å². The van der Waals surface area contributed by atoms with Gasteiger partial charge in [-0.15, -0.1) is 0 Å². The first kappa shape index (κ1) is 12.7. The molecule has 0 aromatic heterocycles. The van der Waals surface area contributed by atoms with E-state index in [-0.39, 0.29) is 16.0 Å². The Labute approximate surface area is 96.6 Å². The van der Waals surface area contributed by atoms with Gasteiger partial charge in [0.2, 0.25) is 0 Å². The zero-order chi connectivity index (χ0) is 12.3. The summed E-state index contributed by atoms with van der Waals surface area (Å²) in [6.07, 6.45) is 1.07. The van der Waals surface area contributed by atoms with E-state index in [0.717, 1.165) is 6.42 Å². The molecule has 0 spiro atoms. The fourth-order valence-electron chi connectivity index (χ4n) is 1.96. The van der Waals surface area contributed by atoms with Gasteiger partial charge in [-0.25, -0.2) is 0 Å². The summed E-state index contributed by atoms with van der Waals surface area (Å²) in [6, 6.07) is 6.87. The summed E-state index contributed by atoms with van der Waals surface area (Å²) >= 11 is 0. The van der Waals surface area contributed by atoms with Gasteiger partial charge in [0.25, 0.3) is 5.69 Å². The number of benzene rings is 1. The van der Waals surface area contributed by atoms with E-state index >= 15 is 0 Å². The van der Waals surface area contributed by atoms with Crippen LogP contribution >= 0.6 is 0 Å². The molecule has 0 saturated carbocycles. The Balaban J connectivity index is 2.78. The van der Waals surface area contributed by atoms with E-state index in [1.54, 1.807) is 12.1 Å². The highest BCUT2D eigenvalue weighted by Crippen LogP contribution is 2.31. The Hall–Kier alpha value is -1.38. The molecule has 3 nitrogen and oxygen atoms in total. The molecule has 0 aliphatic carbocycles. The van der Waals surface area contributed by atoms with Gasteiger partial charge in [-0.2, -0.15) is 0 Å². The van der Waals surface area contributed by atoms with Crippen LogP contribution in [0.4, 0.5) is 5.69 Å². The van der Waals surface area contributed by atoms with Crippen LogP contribution < -0.4 is 0 Å². The molecule has 1 aromatic carbocycles. The van der Waals surface area contributed by atoms with E-state index in [9.17, 15) is 10.1 Å². The molecular weight excluding hydrogens is 202 g/mol. The number of non-ortho nitro benzene ring substituents is 1. The molecule has 0 saturated heterocycles. The van der Waals surface area contributed by atoms with Crippen molar-refractivity contribution in [3.8, 4) is 0 Å². The molecule has 16 heavy (non-hydrogen) atoms. The van der Waals surface area contributed by atoms with Gasteiger partial charge in [0.05, 0.1) is 4.92 Å². The molecular formula is C13H19NO2. The minimum atomic E-state index is -0.363. The van der Waals surface area contributed by atoms with Crippen LogP contribution in [0.1, 0.15) is 45.6 Å². The summed E-state index contributed by atoms with van der Waals surface area (Å²) < 4.78 is 0. The highest BCUT2D eigenvalue weighted by atomic mass is 16.6. The number of nitro groups is 1. The fraction of sp³-hybridized carbons (Fsp3) is 0.538. The van der Waals surface area contributed by atoms with Crippen LogP contribution in [0.5, 0.6) is 0 Å². The Morgan fingerprint density at radius 1 is 1.25 bits per heavy atom. The lowest BCUT2D eigenvalue weighted by atomic mass is 9.82. The van der Waals surface area contributed by atoms with E-state index in [4.69, 9.17) is 0 Å². The predicted molar refractivity (Wildman–Crippen MR) is 65.6 cm³/mol. The Bertz CT molecular complexity index is 363. The molecule has 88 valence electrons. The van der Waals surface area contributed by atoms with Crippen LogP contribution in [0, 0.1) is 15.5 Å². The number of hydrogen-bond acceptors (Lipinski definition) is 2. The lowest BCUT2D eigenvalue weighted by Crippen LogP contribution is -2.09. The first-order valence-electron chi connectivity index (χ1n) is 5.54. The Morgan fingerprint density at radius 2 is 1.75 bits per heavy atom. The fourth-order valence-corrected chi connectivity index (χ4v) is 1.96. The van der Waals surface area contributed by atoms with Crippen molar-refractivity contribution in [3.63, 3.8) is 0 Å². The van der Waals surface area contributed by atoms with Crippen LogP contribution in [-0.4, -0.2) is 4.92 Å². The summed E-state index contributed by atoms with van der Waals surface area (Å²) in [4.78, 5) is 10.2. The average Bonchev–Trinajstić information content (AvgIpc) is 2.15. The van der Waals surface area contributed by atoms with Crippen molar-refractivity contribution in [1.29, 1.82) is 0 Å². The lowest BCUT2D eigenvalue weighted by molar-refractivity contribution is -0.384. The third-order valence-corrected chi connectivity index (χ3v) is 2.59. The molecule has 1 atom stereocenters. The van der Waals surface area contributed by atoms with Crippen molar-refractivity contribution < 1.29 is 4.92 Å². The summed E-state index contributed by atoms with van der Waals surface area (Å²) in [6.45, 7) is 8.77. The third kappa shape index (κ3) is 3.65. The van der Waals surface area contributed by atoms with Gasteiger partial charge < -0.3 is 0 Å². The molecule has 0 fully saturated rings. The van der Waals surface area contributed by atoms with Gasteiger partial charge >= 0.3 is 0 Å². The number of rotatable bonds is 3. The largest absolute Gasteiger partial charge is 0.269 e. The molecule has 3 heteroatoms. The van der Waals surface area contributed by atoms with Crippen LogP contribution in [0.3, 0.4) is 0 Å². The second kappa shape index (κ2) is 4.64. The summed E-state index contributed by atoms with van der Waals surface area (Å²) in [5.74, 6) is 0.431. The Kier molecular flexibility index (Phi) is 3.68. The predicted octanol–water partition coefficient (Wildman–Crippen LogP) is 4.13. The standard InChI is InChI=1S/C13H19NO2/c1-10(9-13(2,3)4)11-5-7-12(8-6-11)14(15)16/h5-8,10H,9H2,1-4H3/t10-/m1/s1. The van der Waals surface area contributed by atoms with Gasteiger partial charge in [0, 0.05) is 12.1 Å². The highest BCUT2D eigenvalue weighted by molar-refractivity contribution is 5.34. The molecule has 0 amide bonds. The zero-order valence-electron chi connectivity index (χ0n) is 10.4. The number of nitro benzene ring substituents is 1. The van der Waals surface area contributed by atoms with Gasteiger partial charge in [0.1, 0.15) is 0 Å². The average molecular weight is 221 g/mol. The zero-order valence-corrected chi connectivity index (χ0v) is 10.4. The van der Waals surface area contributed by atoms with Crippen molar-refractivity contribution in [3.05, 3.63) is 39.9 Å². The SMILES string of the molecule is C[C@H](CC(C)(C)C)c1ccc([N+](=O)[O-])cc1. The monoisotopic (exact) mass is 221 g/mol. The van der Waals surface area contributed by atoms with E-state index in [1.807, 2.05) is 12.1 Å². The molecule has 0 aliphatic rings. The minimum Gasteiger partial charge on any atom is -0.258 e. The maximum atomic E-state index is 10.5. The van der Waals surface area contributed by atoms with E-state index in [1.165, 1.54) is 5.56 Å². The van der Waals surface area contributed by atoms with Crippen molar-refractivity contribution in [2.45, 2.75) is 40.0 Å². The second-order valence-electron chi connectivity index (χ2n) is 5.51. The molecule has 1 rings (SSSR count). The first-order valence-corrected chi connectivity index (χ1v) is 5.54. The third-order valence-electron chi connectivity index (χ3n) is 2.59. The smallest absolute Gasteiger partial charge is 0.258 e. The van der Waals surface area contributed by atoms with Gasteiger partial charge in [-0.1, -0.05) is 39.8 Å². The molecule has 0 bridgehead atoms. The quantitative estimate of drug-likeness (QED) is 0.568. The highest BCUT2D eigenvalue weighted by Gasteiger charge is 2.17. The summed E-state index contributed by atoms with van der Waals surface area (Å²) in [5.41, 5.74) is 1.61. The molecule has 0 N–H and O–H groups in total. The number of nitrogens with zero attached hydrogens (tertiary/aromatic N) is 1. The van der Waals surface area contributed by atoms with Crippen LogP contribution in [-0.2, 0) is 0 Å². The lowest BCUT2D eigenvalue weighted by Gasteiger charge is -2.23. The van der Waals surface area contributed by atoms with E-state index in [2.05, 4.69) is 27.7 Å². The molecule has 0 heterocycles. The van der Waals surface area contributed by atoms with Crippen molar-refractivity contribution >= 4 is 5.69 Å². The Morgan fingerprint density at radius 3 is 2.12 bits per heavy atom. The van der Waals surface area contributed by atoms with Crippen LogP contribution in [0.2, 0.25) is 0 Å². The maximum Gasteiger partial charge on any atom is 0.269 e.